The summed E-state index contributed by atoms with van der Waals surface area (Å²) in [5.74, 6) is 0.983. The SMILES string of the molecule is CCc1ccccc1OCC1CNCC(C)O1. The first-order valence-corrected chi connectivity index (χ1v) is 6.36. The van der Waals surface area contributed by atoms with Crippen molar-refractivity contribution in [2.75, 3.05) is 19.7 Å². The predicted molar refractivity (Wildman–Crippen MR) is 68.5 cm³/mol. The highest BCUT2D eigenvalue weighted by molar-refractivity contribution is 5.33. The molecular formula is C14H21NO2. The maximum atomic E-state index is 5.85. The van der Waals surface area contributed by atoms with E-state index >= 15 is 0 Å². The van der Waals surface area contributed by atoms with Crippen LogP contribution < -0.4 is 10.1 Å². The third kappa shape index (κ3) is 3.45. The normalized spacial score (nSPS) is 24.6. The molecule has 2 unspecified atom stereocenters. The van der Waals surface area contributed by atoms with E-state index in [1.165, 1.54) is 5.56 Å². The second kappa shape index (κ2) is 6.03. The molecule has 2 atom stereocenters. The summed E-state index contributed by atoms with van der Waals surface area (Å²) in [4.78, 5) is 0. The van der Waals surface area contributed by atoms with Crippen LogP contribution in [0.1, 0.15) is 19.4 Å². The molecule has 0 radical (unpaired) electrons. The monoisotopic (exact) mass is 235 g/mol. The zero-order valence-electron chi connectivity index (χ0n) is 10.6. The molecule has 0 saturated carbocycles. The number of aryl methyl sites for hydroxylation is 1. The van der Waals surface area contributed by atoms with Gasteiger partial charge in [-0.15, -0.1) is 0 Å². The topological polar surface area (TPSA) is 30.5 Å². The highest BCUT2D eigenvalue weighted by atomic mass is 16.5. The van der Waals surface area contributed by atoms with E-state index in [-0.39, 0.29) is 12.2 Å². The first kappa shape index (κ1) is 12.4. The summed E-state index contributed by atoms with van der Waals surface area (Å²) in [6, 6.07) is 8.19. The van der Waals surface area contributed by atoms with E-state index in [0.717, 1.165) is 25.3 Å². The fourth-order valence-corrected chi connectivity index (χ4v) is 2.09. The van der Waals surface area contributed by atoms with Gasteiger partial charge in [-0.05, 0) is 25.0 Å². The quantitative estimate of drug-likeness (QED) is 0.866. The molecule has 3 heteroatoms. The second-order valence-corrected chi connectivity index (χ2v) is 4.50. The van der Waals surface area contributed by atoms with Gasteiger partial charge < -0.3 is 14.8 Å². The van der Waals surface area contributed by atoms with Gasteiger partial charge in [0.1, 0.15) is 18.5 Å². The average Bonchev–Trinajstić information content (AvgIpc) is 2.37. The van der Waals surface area contributed by atoms with Crippen molar-refractivity contribution in [3.8, 4) is 5.75 Å². The molecule has 94 valence electrons. The lowest BCUT2D eigenvalue weighted by molar-refractivity contribution is -0.0471. The minimum absolute atomic E-state index is 0.156. The van der Waals surface area contributed by atoms with E-state index in [2.05, 4.69) is 25.2 Å². The molecule has 1 aromatic carbocycles. The standard InChI is InChI=1S/C14H21NO2/c1-3-12-6-4-5-7-14(12)16-10-13-9-15-8-11(2)17-13/h4-7,11,13,15H,3,8-10H2,1-2H3. The predicted octanol–water partition coefficient (Wildman–Crippen LogP) is 2.00. The highest BCUT2D eigenvalue weighted by Gasteiger charge is 2.19. The van der Waals surface area contributed by atoms with E-state index < -0.39 is 0 Å². The third-order valence-corrected chi connectivity index (χ3v) is 3.01. The number of morpholine rings is 1. The zero-order valence-corrected chi connectivity index (χ0v) is 10.6. The Bertz CT molecular complexity index is 354. The van der Waals surface area contributed by atoms with E-state index in [0.29, 0.717) is 6.61 Å². The molecule has 0 bridgehead atoms. The van der Waals surface area contributed by atoms with Crippen LogP contribution in [0.3, 0.4) is 0 Å². The van der Waals surface area contributed by atoms with Crippen LogP contribution in [0.4, 0.5) is 0 Å². The van der Waals surface area contributed by atoms with Crippen molar-refractivity contribution < 1.29 is 9.47 Å². The van der Waals surface area contributed by atoms with E-state index in [4.69, 9.17) is 9.47 Å². The lowest BCUT2D eigenvalue weighted by atomic mass is 10.1. The molecule has 0 aromatic heterocycles. The van der Waals surface area contributed by atoms with Crippen molar-refractivity contribution in [2.45, 2.75) is 32.5 Å². The molecular weight excluding hydrogens is 214 g/mol. The number of rotatable bonds is 4. The molecule has 1 heterocycles. The third-order valence-electron chi connectivity index (χ3n) is 3.01. The molecule has 0 spiro atoms. The fourth-order valence-electron chi connectivity index (χ4n) is 2.09. The first-order valence-electron chi connectivity index (χ1n) is 6.36. The number of hydrogen-bond donors (Lipinski definition) is 1. The Morgan fingerprint density at radius 2 is 2.18 bits per heavy atom. The summed E-state index contributed by atoms with van der Waals surface area (Å²) >= 11 is 0. The van der Waals surface area contributed by atoms with Crippen LogP contribution >= 0.6 is 0 Å². The minimum atomic E-state index is 0.156. The van der Waals surface area contributed by atoms with Crippen LogP contribution in [0.25, 0.3) is 0 Å². The van der Waals surface area contributed by atoms with Gasteiger partial charge >= 0.3 is 0 Å². The van der Waals surface area contributed by atoms with Gasteiger partial charge in [0.15, 0.2) is 0 Å². The Hall–Kier alpha value is -1.06. The molecule has 1 fully saturated rings. The molecule has 17 heavy (non-hydrogen) atoms. The van der Waals surface area contributed by atoms with Crippen molar-refractivity contribution in [1.82, 2.24) is 5.32 Å². The van der Waals surface area contributed by atoms with Gasteiger partial charge in [0, 0.05) is 13.1 Å². The van der Waals surface area contributed by atoms with Crippen LogP contribution in [0, 0.1) is 0 Å². The summed E-state index contributed by atoms with van der Waals surface area (Å²) in [6.07, 6.45) is 1.43. The lowest BCUT2D eigenvalue weighted by Crippen LogP contribution is -2.45. The maximum absolute atomic E-state index is 5.85. The summed E-state index contributed by atoms with van der Waals surface area (Å²) in [5, 5.41) is 3.34. The van der Waals surface area contributed by atoms with Gasteiger partial charge in [-0.2, -0.15) is 0 Å². The Morgan fingerprint density at radius 3 is 2.94 bits per heavy atom. The molecule has 0 aliphatic carbocycles. The molecule has 1 aliphatic rings. The van der Waals surface area contributed by atoms with Crippen molar-refractivity contribution in [2.24, 2.45) is 0 Å². The minimum Gasteiger partial charge on any atom is -0.491 e. The fraction of sp³-hybridized carbons (Fsp3) is 0.571. The summed E-state index contributed by atoms with van der Waals surface area (Å²) in [5.41, 5.74) is 1.25. The summed E-state index contributed by atoms with van der Waals surface area (Å²) in [7, 11) is 0. The van der Waals surface area contributed by atoms with Crippen LogP contribution in [0.15, 0.2) is 24.3 Å². The van der Waals surface area contributed by atoms with Crippen LogP contribution in [-0.2, 0) is 11.2 Å². The number of para-hydroxylation sites is 1. The van der Waals surface area contributed by atoms with Gasteiger partial charge in [0.25, 0.3) is 0 Å². The van der Waals surface area contributed by atoms with Crippen LogP contribution in [-0.4, -0.2) is 31.9 Å². The van der Waals surface area contributed by atoms with Gasteiger partial charge in [0.05, 0.1) is 6.10 Å². The van der Waals surface area contributed by atoms with Gasteiger partial charge in [-0.25, -0.2) is 0 Å². The second-order valence-electron chi connectivity index (χ2n) is 4.50. The largest absolute Gasteiger partial charge is 0.491 e. The van der Waals surface area contributed by atoms with Crippen molar-refractivity contribution >= 4 is 0 Å². The smallest absolute Gasteiger partial charge is 0.122 e. The van der Waals surface area contributed by atoms with Crippen LogP contribution in [0.2, 0.25) is 0 Å². The molecule has 2 rings (SSSR count). The number of ether oxygens (including phenoxy) is 2. The molecule has 3 nitrogen and oxygen atoms in total. The van der Waals surface area contributed by atoms with Gasteiger partial charge in [-0.1, -0.05) is 25.1 Å². The van der Waals surface area contributed by atoms with Gasteiger partial charge in [0.2, 0.25) is 0 Å². The summed E-state index contributed by atoms with van der Waals surface area (Å²) in [6.45, 7) is 6.65. The molecule has 1 N–H and O–H groups in total. The summed E-state index contributed by atoms with van der Waals surface area (Å²) < 4.78 is 11.6. The molecule has 1 saturated heterocycles. The lowest BCUT2D eigenvalue weighted by Gasteiger charge is -2.28. The van der Waals surface area contributed by atoms with Crippen molar-refractivity contribution in [3.05, 3.63) is 29.8 Å². The van der Waals surface area contributed by atoms with Crippen molar-refractivity contribution in [1.29, 1.82) is 0 Å². The number of hydrogen-bond acceptors (Lipinski definition) is 3. The molecule has 0 amide bonds. The number of nitrogens with one attached hydrogen (secondary N) is 1. The Morgan fingerprint density at radius 1 is 1.35 bits per heavy atom. The highest BCUT2D eigenvalue weighted by Crippen LogP contribution is 2.19. The number of benzene rings is 1. The van der Waals surface area contributed by atoms with Gasteiger partial charge in [-0.3, -0.25) is 0 Å². The Labute approximate surface area is 103 Å². The zero-order chi connectivity index (χ0) is 12.1. The van der Waals surface area contributed by atoms with E-state index in [1.807, 2.05) is 18.2 Å². The first-order chi connectivity index (χ1) is 8.29. The molecule has 1 aromatic rings. The molecule has 1 aliphatic heterocycles. The van der Waals surface area contributed by atoms with E-state index in [9.17, 15) is 0 Å². The average molecular weight is 235 g/mol. The van der Waals surface area contributed by atoms with Crippen LogP contribution in [0.5, 0.6) is 5.75 Å². The Balaban J connectivity index is 1.88. The van der Waals surface area contributed by atoms with Crippen molar-refractivity contribution in [3.63, 3.8) is 0 Å². The maximum Gasteiger partial charge on any atom is 0.122 e. The Kier molecular flexibility index (Phi) is 4.40. The van der Waals surface area contributed by atoms with E-state index in [1.54, 1.807) is 0 Å².